The summed E-state index contributed by atoms with van der Waals surface area (Å²) in [5.41, 5.74) is -3.13. The molecule has 1 heterocycles. The van der Waals surface area contributed by atoms with Crippen LogP contribution >= 0.6 is 11.6 Å². The first-order valence-electron chi connectivity index (χ1n) is 3.37. The Morgan fingerprint density at radius 3 is 2.50 bits per heavy atom. The highest BCUT2D eigenvalue weighted by atomic mass is 35.5. The van der Waals surface area contributed by atoms with Crippen molar-refractivity contribution in [2.24, 2.45) is 0 Å². The summed E-state index contributed by atoms with van der Waals surface area (Å²) in [4.78, 5) is 23.4. The maximum absolute atomic E-state index is 12.3. The Labute approximate surface area is 81.1 Å². The summed E-state index contributed by atoms with van der Waals surface area (Å²) >= 11 is 4.94. The zero-order valence-electron chi connectivity index (χ0n) is 6.55. The molecule has 0 unspecified atom stereocenters. The third-order valence-corrected chi connectivity index (χ3v) is 1.71. The smallest absolute Gasteiger partial charge is 0.270 e. The van der Waals surface area contributed by atoms with Crippen molar-refractivity contribution in [1.29, 1.82) is 0 Å². The molecular weight excluding hydrogens is 220 g/mol. The van der Waals surface area contributed by atoms with E-state index >= 15 is 0 Å². The van der Waals surface area contributed by atoms with E-state index in [-0.39, 0.29) is 0 Å². The van der Waals surface area contributed by atoms with Gasteiger partial charge in [0.25, 0.3) is 17.2 Å². The molecule has 2 N–H and O–H groups in total. The van der Waals surface area contributed by atoms with Gasteiger partial charge in [0.2, 0.25) is 0 Å². The lowest BCUT2D eigenvalue weighted by Crippen LogP contribution is -2.17. The minimum atomic E-state index is -3.18. The molecule has 0 aliphatic rings. The van der Waals surface area contributed by atoms with E-state index in [1.807, 2.05) is 4.98 Å². The number of pyridine rings is 1. The Morgan fingerprint density at radius 2 is 2.14 bits per heavy atom. The number of carbonyl (C=O) groups is 1. The Hall–Kier alpha value is -1.43. The van der Waals surface area contributed by atoms with Crippen LogP contribution < -0.4 is 5.56 Å². The first-order chi connectivity index (χ1) is 6.45. The number of hydrogen-bond donors (Lipinski definition) is 2. The van der Waals surface area contributed by atoms with E-state index in [0.29, 0.717) is 0 Å². The van der Waals surface area contributed by atoms with Gasteiger partial charge in [-0.15, -0.1) is 0 Å². The van der Waals surface area contributed by atoms with Crippen molar-refractivity contribution >= 4 is 16.8 Å². The lowest BCUT2D eigenvalue weighted by atomic mass is 10.1. The fraction of sp³-hybridized carbons (Fsp3) is 0.143. The van der Waals surface area contributed by atoms with E-state index in [9.17, 15) is 18.4 Å². The Balaban J connectivity index is 3.58. The number of H-pyrrole nitrogens is 1. The predicted molar refractivity (Wildman–Crippen MR) is 43.9 cm³/mol. The highest BCUT2D eigenvalue weighted by Crippen LogP contribution is 2.26. The first-order valence-corrected chi connectivity index (χ1v) is 3.75. The minimum absolute atomic E-state index is 0.726. The molecule has 7 heteroatoms. The normalized spacial score (nSPS) is 10.6. The van der Waals surface area contributed by atoms with E-state index in [1.165, 1.54) is 0 Å². The molecule has 0 radical (unpaired) electrons. The average Bonchev–Trinajstić information content (AvgIpc) is 2.07. The lowest BCUT2D eigenvalue weighted by Gasteiger charge is -2.04. The van der Waals surface area contributed by atoms with Crippen molar-refractivity contribution < 1.29 is 18.7 Å². The number of alkyl halides is 2. The van der Waals surface area contributed by atoms with Crippen molar-refractivity contribution in [3.63, 3.8) is 0 Å². The van der Waals surface area contributed by atoms with E-state index in [4.69, 9.17) is 16.7 Å². The zero-order chi connectivity index (χ0) is 10.9. The molecule has 0 aliphatic carbocycles. The number of rotatable bonds is 2. The molecular formula is C7H4ClF2NO3. The van der Waals surface area contributed by atoms with Crippen molar-refractivity contribution in [2.45, 2.75) is 6.43 Å². The third-order valence-electron chi connectivity index (χ3n) is 1.52. The highest BCUT2D eigenvalue weighted by molar-refractivity contribution is 6.68. The van der Waals surface area contributed by atoms with Gasteiger partial charge >= 0.3 is 0 Å². The van der Waals surface area contributed by atoms with Crippen molar-refractivity contribution in [3.8, 4) is 5.75 Å². The van der Waals surface area contributed by atoms with Gasteiger partial charge < -0.3 is 10.1 Å². The molecule has 0 atom stereocenters. The summed E-state index contributed by atoms with van der Waals surface area (Å²) in [5.74, 6) is -0.778. The molecule has 0 fully saturated rings. The Morgan fingerprint density at radius 1 is 1.57 bits per heavy atom. The molecule has 0 saturated carbocycles. The Bertz CT molecular complexity index is 429. The second kappa shape index (κ2) is 3.75. The van der Waals surface area contributed by atoms with Crippen LogP contribution in [0.4, 0.5) is 8.78 Å². The molecule has 14 heavy (non-hydrogen) atoms. The van der Waals surface area contributed by atoms with Crippen LogP contribution in [-0.2, 0) is 0 Å². The molecule has 76 valence electrons. The molecule has 0 spiro atoms. The molecule has 0 bridgehead atoms. The molecule has 4 nitrogen and oxygen atoms in total. The number of aromatic nitrogens is 1. The van der Waals surface area contributed by atoms with Crippen LogP contribution in [0.3, 0.4) is 0 Å². The van der Waals surface area contributed by atoms with Crippen LogP contribution in [0.2, 0.25) is 0 Å². The van der Waals surface area contributed by atoms with Gasteiger partial charge in [-0.3, -0.25) is 9.59 Å². The number of carbonyl (C=O) groups excluding carboxylic acids is 1. The fourth-order valence-electron chi connectivity index (χ4n) is 0.950. The van der Waals surface area contributed by atoms with Crippen LogP contribution in [0.15, 0.2) is 11.0 Å². The molecule has 0 saturated heterocycles. The van der Waals surface area contributed by atoms with Gasteiger partial charge in [-0.05, 0) is 11.6 Å². The SMILES string of the molecule is O=C(Cl)c1c(O)c[nH]c(=O)c1C(F)F. The topological polar surface area (TPSA) is 70.2 Å². The van der Waals surface area contributed by atoms with Gasteiger partial charge in [-0.2, -0.15) is 0 Å². The van der Waals surface area contributed by atoms with E-state index in [2.05, 4.69) is 0 Å². The second-order valence-corrected chi connectivity index (χ2v) is 2.71. The van der Waals surface area contributed by atoms with Gasteiger partial charge in [-0.1, -0.05) is 0 Å². The van der Waals surface area contributed by atoms with Crippen LogP contribution in [0, 0.1) is 0 Å². The maximum atomic E-state index is 12.3. The average molecular weight is 224 g/mol. The number of nitrogens with one attached hydrogen (secondary N) is 1. The summed E-state index contributed by atoms with van der Waals surface area (Å²) in [6.45, 7) is 0. The molecule has 0 amide bonds. The highest BCUT2D eigenvalue weighted by Gasteiger charge is 2.24. The monoisotopic (exact) mass is 223 g/mol. The summed E-state index contributed by atoms with van der Waals surface area (Å²) in [7, 11) is 0. The lowest BCUT2D eigenvalue weighted by molar-refractivity contribution is 0.106. The second-order valence-electron chi connectivity index (χ2n) is 2.37. The van der Waals surface area contributed by atoms with Crippen LogP contribution in [-0.4, -0.2) is 15.3 Å². The molecule has 0 aromatic carbocycles. The summed E-state index contributed by atoms with van der Waals surface area (Å²) in [5, 5.41) is 7.72. The van der Waals surface area contributed by atoms with Gasteiger partial charge in [0.1, 0.15) is 5.75 Å². The van der Waals surface area contributed by atoms with Crippen molar-refractivity contribution in [2.75, 3.05) is 0 Å². The van der Waals surface area contributed by atoms with Gasteiger partial charge in [0.05, 0.1) is 11.1 Å². The summed E-state index contributed by atoms with van der Waals surface area (Å²) < 4.78 is 24.6. The van der Waals surface area contributed by atoms with E-state index < -0.39 is 34.1 Å². The molecule has 0 aliphatic heterocycles. The fourth-order valence-corrected chi connectivity index (χ4v) is 1.15. The standard InChI is InChI=1S/C7H4ClF2NO3/c8-5(13)3-2(12)1-11-7(14)4(3)6(9)10/h1,6,12H,(H,11,14). The molecule has 1 aromatic rings. The van der Waals surface area contributed by atoms with Crippen LogP contribution in [0.1, 0.15) is 22.3 Å². The largest absolute Gasteiger partial charge is 0.506 e. The van der Waals surface area contributed by atoms with Crippen LogP contribution in [0.5, 0.6) is 5.75 Å². The predicted octanol–water partition coefficient (Wildman–Crippen LogP) is 1.40. The van der Waals surface area contributed by atoms with Crippen LogP contribution in [0.25, 0.3) is 0 Å². The number of aromatic amines is 1. The van der Waals surface area contributed by atoms with Gasteiger partial charge in [0.15, 0.2) is 0 Å². The van der Waals surface area contributed by atoms with E-state index in [1.54, 1.807) is 0 Å². The summed E-state index contributed by atoms with van der Waals surface area (Å²) in [6.07, 6.45) is -2.45. The maximum Gasteiger partial charge on any atom is 0.270 e. The van der Waals surface area contributed by atoms with Crippen molar-refractivity contribution in [3.05, 3.63) is 27.7 Å². The number of aromatic hydroxyl groups is 1. The molecule has 1 aromatic heterocycles. The first kappa shape index (κ1) is 10.6. The minimum Gasteiger partial charge on any atom is -0.506 e. The molecule has 1 rings (SSSR count). The Kier molecular flexibility index (Phi) is 2.85. The zero-order valence-corrected chi connectivity index (χ0v) is 7.31. The van der Waals surface area contributed by atoms with E-state index in [0.717, 1.165) is 6.20 Å². The number of hydrogen-bond acceptors (Lipinski definition) is 3. The van der Waals surface area contributed by atoms with Gasteiger partial charge in [0, 0.05) is 6.20 Å². The third kappa shape index (κ3) is 1.74. The van der Waals surface area contributed by atoms with Gasteiger partial charge in [-0.25, -0.2) is 8.78 Å². The quantitative estimate of drug-likeness (QED) is 0.745. The van der Waals surface area contributed by atoms with Crippen molar-refractivity contribution in [1.82, 2.24) is 4.98 Å². The summed E-state index contributed by atoms with van der Waals surface area (Å²) in [6, 6.07) is 0. The number of halogens is 3.